The van der Waals surface area contributed by atoms with E-state index in [1.165, 1.54) is 0 Å². The zero-order valence-corrected chi connectivity index (χ0v) is 9.22. The molecule has 0 bridgehead atoms. The Labute approximate surface area is 71.4 Å². The van der Waals surface area contributed by atoms with Gasteiger partial charge in [-0.05, 0) is 12.0 Å². The highest BCUT2D eigenvalue weighted by atomic mass is 28.3. The maximum Gasteiger partial charge on any atom is 0.0471 e. The van der Waals surface area contributed by atoms with Gasteiger partial charge in [0.2, 0.25) is 0 Å². The Kier molecular flexibility index (Phi) is 4.29. The smallest absolute Gasteiger partial charge is 0.0471 e. The van der Waals surface area contributed by atoms with Crippen molar-refractivity contribution in [1.29, 1.82) is 0 Å². The van der Waals surface area contributed by atoms with Gasteiger partial charge in [-0.25, -0.2) is 0 Å². The monoisotopic (exact) mass is 174 g/mol. The van der Waals surface area contributed by atoms with Gasteiger partial charge >= 0.3 is 0 Å². The average Bonchev–Trinajstić information content (AvgIpc) is 1.85. The zero-order valence-electron chi connectivity index (χ0n) is 8.22. The number of hydrogen-bond donors (Lipinski definition) is 2. The van der Waals surface area contributed by atoms with E-state index in [1.807, 2.05) is 0 Å². The third-order valence-electron chi connectivity index (χ3n) is 2.44. The van der Waals surface area contributed by atoms with E-state index in [9.17, 15) is 0 Å². The first-order valence-corrected chi connectivity index (χ1v) is 7.91. The van der Waals surface area contributed by atoms with Crippen molar-refractivity contribution in [2.24, 2.45) is 11.5 Å². The molecule has 0 aliphatic rings. The van der Waals surface area contributed by atoms with Crippen molar-refractivity contribution in [2.75, 3.05) is 6.54 Å². The molecule has 0 aliphatic carbocycles. The highest BCUT2D eigenvalue weighted by molar-refractivity contribution is 6.77. The molecule has 0 fully saturated rings. The molecule has 0 saturated carbocycles. The highest BCUT2D eigenvalue weighted by Gasteiger charge is 2.23. The second kappa shape index (κ2) is 4.23. The summed E-state index contributed by atoms with van der Waals surface area (Å²) in [5, 5.41) is 0. The second-order valence-electron chi connectivity index (χ2n) is 4.50. The standard InChI is InChI=1S/C8H22N2Si/c1-7(11(2,3)4)5-8(10)6-9/h7-8H,5-6,9-10H2,1-4H3. The molecule has 0 rings (SSSR count). The minimum Gasteiger partial charge on any atom is -0.329 e. The van der Waals surface area contributed by atoms with Gasteiger partial charge in [-0.3, -0.25) is 0 Å². The van der Waals surface area contributed by atoms with Gasteiger partial charge < -0.3 is 11.5 Å². The van der Waals surface area contributed by atoms with Crippen molar-refractivity contribution >= 4 is 8.07 Å². The highest BCUT2D eigenvalue weighted by Crippen LogP contribution is 2.24. The molecule has 0 amide bonds. The lowest BCUT2D eigenvalue weighted by Gasteiger charge is -2.27. The van der Waals surface area contributed by atoms with E-state index in [4.69, 9.17) is 11.5 Å². The first kappa shape index (κ1) is 11.1. The van der Waals surface area contributed by atoms with Gasteiger partial charge in [0, 0.05) is 20.7 Å². The van der Waals surface area contributed by atoms with E-state index in [-0.39, 0.29) is 6.04 Å². The molecular formula is C8H22N2Si. The first-order chi connectivity index (χ1) is 4.88. The molecule has 0 saturated heterocycles. The summed E-state index contributed by atoms with van der Waals surface area (Å²) in [4.78, 5) is 0. The van der Waals surface area contributed by atoms with E-state index in [0.29, 0.717) is 6.54 Å². The lowest BCUT2D eigenvalue weighted by Crippen LogP contribution is -2.36. The van der Waals surface area contributed by atoms with Crippen molar-refractivity contribution in [3.05, 3.63) is 0 Å². The van der Waals surface area contributed by atoms with Crippen LogP contribution in [0.5, 0.6) is 0 Å². The van der Waals surface area contributed by atoms with Gasteiger partial charge in [-0.15, -0.1) is 0 Å². The molecule has 2 atom stereocenters. The van der Waals surface area contributed by atoms with Crippen LogP contribution in [0.15, 0.2) is 0 Å². The van der Waals surface area contributed by atoms with Crippen LogP contribution in [0, 0.1) is 0 Å². The fourth-order valence-electron chi connectivity index (χ4n) is 0.904. The Hall–Kier alpha value is 0.137. The van der Waals surface area contributed by atoms with Crippen LogP contribution in [0.2, 0.25) is 25.2 Å². The van der Waals surface area contributed by atoms with Crippen molar-refractivity contribution in [1.82, 2.24) is 0 Å². The summed E-state index contributed by atoms with van der Waals surface area (Å²) in [7, 11) is -0.975. The molecule has 0 aromatic rings. The summed E-state index contributed by atoms with van der Waals surface area (Å²) >= 11 is 0. The molecule has 0 aliphatic heterocycles. The average molecular weight is 174 g/mol. The maximum atomic E-state index is 5.77. The summed E-state index contributed by atoms with van der Waals surface area (Å²) in [5.41, 5.74) is 12.0. The Morgan fingerprint density at radius 3 is 2.00 bits per heavy atom. The molecular weight excluding hydrogens is 152 g/mol. The van der Waals surface area contributed by atoms with Crippen molar-refractivity contribution < 1.29 is 0 Å². The van der Waals surface area contributed by atoms with E-state index in [0.717, 1.165) is 12.0 Å². The van der Waals surface area contributed by atoms with Gasteiger partial charge in [0.25, 0.3) is 0 Å². The van der Waals surface area contributed by atoms with Crippen LogP contribution in [0.4, 0.5) is 0 Å². The number of nitrogens with two attached hydrogens (primary N) is 2. The Balaban J connectivity index is 3.77. The van der Waals surface area contributed by atoms with Crippen LogP contribution in [0.1, 0.15) is 13.3 Å². The van der Waals surface area contributed by atoms with Gasteiger partial charge in [-0.2, -0.15) is 0 Å². The summed E-state index contributed by atoms with van der Waals surface area (Å²) in [6.45, 7) is 10.0. The van der Waals surface area contributed by atoms with Crippen molar-refractivity contribution in [2.45, 2.75) is 44.6 Å². The maximum absolute atomic E-state index is 5.77. The summed E-state index contributed by atoms with van der Waals surface area (Å²) in [6, 6.07) is 0.205. The zero-order chi connectivity index (χ0) is 9.07. The molecule has 2 unspecified atom stereocenters. The minimum atomic E-state index is -0.975. The Morgan fingerprint density at radius 2 is 1.73 bits per heavy atom. The predicted molar refractivity (Wildman–Crippen MR) is 54.4 cm³/mol. The van der Waals surface area contributed by atoms with Crippen LogP contribution >= 0.6 is 0 Å². The van der Waals surface area contributed by atoms with Crippen LogP contribution in [-0.2, 0) is 0 Å². The topological polar surface area (TPSA) is 52.0 Å². The minimum absolute atomic E-state index is 0.205. The summed E-state index contributed by atoms with van der Waals surface area (Å²) < 4.78 is 0. The lowest BCUT2D eigenvalue weighted by atomic mass is 10.2. The Morgan fingerprint density at radius 1 is 1.27 bits per heavy atom. The van der Waals surface area contributed by atoms with Crippen LogP contribution in [-0.4, -0.2) is 20.7 Å². The summed E-state index contributed by atoms with van der Waals surface area (Å²) in [5.74, 6) is 0. The lowest BCUT2D eigenvalue weighted by molar-refractivity contribution is 0.602. The van der Waals surface area contributed by atoms with E-state index in [2.05, 4.69) is 26.6 Å². The normalized spacial score (nSPS) is 18.0. The van der Waals surface area contributed by atoms with E-state index in [1.54, 1.807) is 0 Å². The number of rotatable bonds is 4. The summed E-state index contributed by atoms with van der Waals surface area (Å²) in [6.07, 6.45) is 1.09. The van der Waals surface area contributed by atoms with Gasteiger partial charge in [0.15, 0.2) is 0 Å². The van der Waals surface area contributed by atoms with Gasteiger partial charge in [-0.1, -0.05) is 26.6 Å². The molecule has 0 radical (unpaired) electrons. The molecule has 11 heavy (non-hydrogen) atoms. The second-order valence-corrected chi connectivity index (χ2v) is 10.2. The van der Waals surface area contributed by atoms with Crippen molar-refractivity contribution in [3.8, 4) is 0 Å². The first-order valence-electron chi connectivity index (χ1n) is 4.33. The van der Waals surface area contributed by atoms with E-state index < -0.39 is 8.07 Å². The fraction of sp³-hybridized carbons (Fsp3) is 1.00. The molecule has 68 valence electrons. The third kappa shape index (κ3) is 4.56. The molecule has 4 N–H and O–H groups in total. The van der Waals surface area contributed by atoms with E-state index >= 15 is 0 Å². The third-order valence-corrected chi connectivity index (χ3v) is 5.63. The molecule has 0 aromatic carbocycles. The van der Waals surface area contributed by atoms with Crippen LogP contribution in [0.25, 0.3) is 0 Å². The predicted octanol–water partition coefficient (Wildman–Crippen LogP) is 1.39. The number of hydrogen-bond acceptors (Lipinski definition) is 2. The quantitative estimate of drug-likeness (QED) is 0.633. The molecule has 0 heterocycles. The molecule has 0 aromatic heterocycles. The van der Waals surface area contributed by atoms with Gasteiger partial charge in [0.05, 0.1) is 0 Å². The molecule has 3 heteroatoms. The van der Waals surface area contributed by atoms with Crippen LogP contribution in [0.3, 0.4) is 0 Å². The SMILES string of the molecule is CC(CC(N)CN)[Si](C)(C)C. The molecule has 0 spiro atoms. The largest absolute Gasteiger partial charge is 0.329 e. The van der Waals surface area contributed by atoms with Crippen molar-refractivity contribution in [3.63, 3.8) is 0 Å². The van der Waals surface area contributed by atoms with Gasteiger partial charge in [0.1, 0.15) is 0 Å². The van der Waals surface area contributed by atoms with Crippen LogP contribution < -0.4 is 11.5 Å². The fourth-order valence-corrected chi connectivity index (χ4v) is 1.91. The molecule has 2 nitrogen and oxygen atoms in total. The Bertz CT molecular complexity index is 109.